The first-order valence-corrected chi connectivity index (χ1v) is 9.21. The van der Waals surface area contributed by atoms with Crippen molar-refractivity contribution in [2.75, 3.05) is 11.9 Å². The van der Waals surface area contributed by atoms with Gasteiger partial charge in [-0.05, 0) is 67.3 Å². The summed E-state index contributed by atoms with van der Waals surface area (Å²) >= 11 is 5.98. The molecule has 0 bridgehead atoms. The molecular weight excluding hydrogens is 358 g/mol. The van der Waals surface area contributed by atoms with Crippen LogP contribution in [-0.4, -0.2) is 17.4 Å². The van der Waals surface area contributed by atoms with Gasteiger partial charge in [0.1, 0.15) is 0 Å². The molecule has 1 heterocycles. The van der Waals surface area contributed by atoms with Crippen molar-refractivity contribution in [3.63, 3.8) is 0 Å². The summed E-state index contributed by atoms with van der Waals surface area (Å²) in [6.07, 6.45) is 4.00. The molecule has 4 nitrogen and oxygen atoms in total. The summed E-state index contributed by atoms with van der Waals surface area (Å²) in [6, 6.07) is 15.6. The molecule has 5 heteroatoms. The maximum absolute atomic E-state index is 12.4. The maximum atomic E-state index is 12.4. The van der Waals surface area contributed by atoms with Gasteiger partial charge in [-0.25, -0.2) is 0 Å². The van der Waals surface area contributed by atoms with Crippen LogP contribution < -0.4 is 10.6 Å². The second-order valence-electron chi connectivity index (χ2n) is 6.52. The standard InChI is InChI=1S/C22H22ClN3O/c1-15-6-7-20(10-16(15)2)26-21-12-18(13-24-14-21)22(27)25-9-8-17-4-3-5-19(23)11-17/h3-7,10-14,26H,8-9H2,1-2H3,(H,25,27). The zero-order chi connectivity index (χ0) is 19.2. The maximum Gasteiger partial charge on any atom is 0.252 e. The summed E-state index contributed by atoms with van der Waals surface area (Å²) in [5.74, 6) is -0.145. The van der Waals surface area contributed by atoms with E-state index in [4.69, 9.17) is 11.6 Å². The Morgan fingerprint density at radius 2 is 1.85 bits per heavy atom. The van der Waals surface area contributed by atoms with Gasteiger partial charge in [0.05, 0.1) is 17.4 Å². The summed E-state index contributed by atoms with van der Waals surface area (Å²) in [7, 11) is 0. The molecule has 0 saturated heterocycles. The van der Waals surface area contributed by atoms with Gasteiger partial charge in [0, 0.05) is 23.5 Å². The molecule has 0 radical (unpaired) electrons. The average molecular weight is 380 g/mol. The molecule has 0 atom stereocenters. The third kappa shape index (κ3) is 5.31. The van der Waals surface area contributed by atoms with Crippen molar-refractivity contribution in [3.05, 3.63) is 88.2 Å². The molecule has 3 rings (SSSR count). The van der Waals surface area contributed by atoms with E-state index in [0.717, 1.165) is 23.4 Å². The Bertz CT molecular complexity index is 956. The second-order valence-corrected chi connectivity index (χ2v) is 6.96. The van der Waals surface area contributed by atoms with Gasteiger partial charge in [-0.3, -0.25) is 9.78 Å². The van der Waals surface area contributed by atoms with Gasteiger partial charge in [-0.15, -0.1) is 0 Å². The van der Waals surface area contributed by atoms with Gasteiger partial charge in [-0.1, -0.05) is 29.8 Å². The van der Waals surface area contributed by atoms with Crippen LogP contribution in [0.25, 0.3) is 0 Å². The van der Waals surface area contributed by atoms with Crippen LogP contribution in [0.5, 0.6) is 0 Å². The number of hydrogen-bond acceptors (Lipinski definition) is 3. The molecule has 0 spiro atoms. The van der Waals surface area contributed by atoms with E-state index in [-0.39, 0.29) is 5.91 Å². The second kappa shape index (κ2) is 8.69. The van der Waals surface area contributed by atoms with Crippen LogP contribution in [0.15, 0.2) is 60.9 Å². The molecule has 0 unspecified atom stereocenters. The minimum Gasteiger partial charge on any atom is -0.354 e. The van der Waals surface area contributed by atoms with E-state index >= 15 is 0 Å². The van der Waals surface area contributed by atoms with Gasteiger partial charge in [0.15, 0.2) is 0 Å². The Morgan fingerprint density at radius 1 is 1.00 bits per heavy atom. The Kier molecular flexibility index (Phi) is 6.09. The fraction of sp³-hybridized carbons (Fsp3) is 0.182. The van der Waals surface area contributed by atoms with Crippen molar-refractivity contribution in [2.45, 2.75) is 20.3 Å². The molecule has 0 aliphatic carbocycles. The van der Waals surface area contributed by atoms with Gasteiger partial charge >= 0.3 is 0 Å². The highest BCUT2D eigenvalue weighted by molar-refractivity contribution is 6.30. The van der Waals surface area contributed by atoms with Crippen LogP contribution in [0.1, 0.15) is 27.0 Å². The fourth-order valence-corrected chi connectivity index (χ4v) is 2.95. The fourth-order valence-electron chi connectivity index (χ4n) is 2.73. The van der Waals surface area contributed by atoms with Crippen molar-refractivity contribution in [1.29, 1.82) is 0 Å². The van der Waals surface area contributed by atoms with E-state index in [1.807, 2.05) is 30.3 Å². The number of halogens is 1. The molecule has 0 aliphatic rings. The highest BCUT2D eigenvalue weighted by Crippen LogP contribution is 2.19. The van der Waals surface area contributed by atoms with Crippen molar-refractivity contribution >= 4 is 28.9 Å². The molecular formula is C22H22ClN3O. The summed E-state index contributed by atoms with van der Waals surface area (Å²) in [5.41, 5.74) is 5.81. The van der Waals surface area contributed by atoms with E-state index in [2.05, 4.69) is 41.6 Å². The van der Waals surface area contributed by atoms with Crippen molar-refractivity contribution in [3.8, 4) is 0 Å². The number of amides is 1. The highest BCUT2D eigenvalue weighted by Gasteiger charge is 2.07. The van der Waals surface area contributed by atoms with Crippen LogP contribution in [0.2, 0.25) is 5.02 Å². The van der Waals surface area contributed by atoms with Crippen molar-refractivity contribution < 1.29 is 4.79 Å². The smallest absolute Gasteiger partial charge is 0.252 e. The molecule has 0 aliphatic heterocycles. The first-order valence-electron chi connectivity index (χ1n) is 8.83. The van der Waals surface area contributed by atoms with E-state index < -0.39 is 0 Å². The number of rotatable bonds is 6. The monoisotopic (exact) mass is 379 g/mol. The third-order valence-corrected chi connectivity index (χ3v) is 4.62. The van der Waals surface area contributed by atoms with Crippen molar-refractivity contribution in [1.82, 2.24) is 10.3 Å². The molecule has 2 N–H and O–H groups in total. The lowest BCUT2D eigenvalue weighted by Crippen LogP contribution is -2.25. The van der Waals surface area contributed by atoms with Gasteiger partial charge < -0.3 is 10.6 Å². The number of anilines is 2. The summed E-state index contributed by atoms with van der Waals surface area (Å²) in [5, 5.41) is 6.92. The van der Waals surface area contributed by atoms with E-state index in [0.29, 0.717) is 17.1 Å². The number of aromatic nitrogens is 1. The van der Waals surface area contributed by atoms with Crippen LogP contribution in [0.4, 0.5) is 11.4 Å². The Morgan fingerprint density at radius 3 is 2.63 bits per heavy atom. The molecule has 0 saturated carbocycles. The van der Waals surface area contributed by atoms with Gasteiger partial charge in [-0.2, -0.15) is 0 Å². The van der Waals surface area contributed by atoms with E-state index in [9.17, 15) is 4.79 Å². The summed E-state index contributed by atoms with van der Waals surface area (Å²) in [4.78, 5) is 16.6. The highest BCUT2D eigenvalue weighted by atomic mass is 35.5. The molecule has 27 heavy (non-hydrogen) atoms. The number of carbonyl (C=O) groups excluding carboxylic acids is 1. The van der Waals surface area contributed by atoms with Crippen LogP contribution in [-0.2, 0) is 6.42 Å². The summed E-state index contributed by atoms with van der Waals surface area (Å²) < 4.78 is 0. The normalized spacial score (nSPS) is 10.5. The number of carbonyl (C=O) groups is 1. The quantitative estimate of drug-likeness (QED) is 0.628. The lowest BCUT2D eigenvalue weighted by Gasteiger charge is -2.10. The predicted octanol–water partition coefficient (Wildman–Crippen LogP) is 5.07. The number of benzene rings is 2. The molecule has 1 aromatic heterocycles. The zero-order valence-electron chi connectivity index (χ0n) is 15.4. The third-order valence-electron chi connectivity index (χ3n) is 4.38. The molecule has 2 aromatic carbocycles. The number of hydrogen-bond donors (Lipinski definition) is 2. The minimum absolute atomic E-state index is 0.145. The molecule has 1 amide bonds. The Labute approximate surface area is 164 Å². The van der Waals surface area contributed by atoms with E-state index in [1.54, 1.807) is 18.5 Å². The number of nitrogens with one attached hydrogen (secondary N) is 2. The number of pyridine rings is 1. The molecule has 0 fully saturated rings. The first kappa shape index (κ1) is 18.9. The Hall–Kier alpha value is -2.85. The first-order chi connectivity index (χ1) is 13.0. The van der Waals surface area contributed by atoms with Gasteiger partial charge in [0.2, 0.25) is 0 Å². The molecule has 138 valence electrons. The Balaban J connectivity index is 1.60. The van der Waals surface area contributed by atoms with E-state index in [1.165, 1.54) is 11.1 Å². The largest absolute Gasteiger partial charge is 0.354 e. The lowest BCUT2D eigenvalue weighted by atomic mass is 10.1. The zero-order valence-corrected chi connectivity index (χ0v) is 16.2. The van der Waals surface area contributed by atoms with Crippen LogP contribution >= 0.6 is 11.6 Å². The van der Waals surface area contributed by atoms with Crippen LogP contribution in [0, 0.1) is 13.8 Å². The minimum atomic E-state index is -0.145. The van der Waals surface area contributed by atoms with Crippen LogP contribution in [0.3, 0.4) is 0 Å². The summed E-state index contributed by atoms with van der Waals surface area (Å²) in [6.45, 7) is 4.69. The van der Waals surface area contributed by atoms with Crippen molar-refractivity contribution in [2.24, 2.45) is 0 Å². The predicted molar refractivity (Wildman–Crippen MR) is 111 cm³/mol. The number of nitrogens with zero attached hydrogens (tertiary/aromatic N) is 1. The van der Waals surface area contributed by atoms with Gasteiger partial charge in [0.25, 0.3) is 5.91 Å². The topological polar surface area (TPSA) is 54.0 Å². The SMILES string of the molecule is Cc1ccc(Nc2cncc(C(=O)NCCc3cccc(Cl)c3)c2)cc1C. The average Bonchev–Trinajstić information content (AvgIpc) is 2.65. The lowest BCUT2D eigenvalue weighted by molar-refractivity contribution is 0.0954. The number of aryl methyl sites for hydroxylation is 2. The molecule has 3 aromatic rings.